The molecule has 0 saturated carbocycles. The summed E-state index contributed by atoms with van der Waals surface area (Å²) in [4.78, 5) is 29.7. The zero-order valence-corrected chi connectivity index (χ0v) is 20.4. The fraction of sp³-hybridized carbons (Fsp3) is 0.192. The van der Waals surface area contributed by atoms with Crippen molar-refractivity contribution < 1.29 is 14.3 Å². The number of methoxy groups -OCH3 is 1. The Kier molecular flexibility index (Phi) is 6.64. The third kappa shape index (κ3) is 5.24. The summed E-state index contributed by atoms with van der Waals surface area (Å²) in [5, 5.41) is 6.54. The number of carbonyl (C=O) groups is 2. The van der Waals surface area contributed by atoms with Crippen molar-refractivity contribution in [3.8, 4) is 5.75 Å². The van der Waals surface area contributed by atoms with Gasteiger partial charge < -0.3 is 15.4 Å². The Morgan fingerprint density at radius 3 is 2.71 bits per heavy atom. The van der Waals surface area contributed by atoms with Crippen molar-refractivity contribution in [1.29, 1.82) is 0 Å². The first-order valence-electron chi connectivity index (χ1n) is 10.6. The Morgan fingerprint density at radius 2 is 1.94 bits per heavy atom. The second-order valence-electron chi connectivity index (χ2n) is 8.66. The number of hydrogen-bond acceptors (Lipinski definition) is 5. The van der Waals surface area contributed by atoms with Crippen LogP contribution in [0, 0.1) is 0 Å². The lowest BCUT2D eigenvalue weighted by Gasteiger charge is -2.35. The van der Waals surface area contributed by atoms with Crippen LogP contribution in [0.15, 0.2) is 60.8 Å². The molecule has 0 atom stereocenters. The van der Waals surface area contributed by atoms with E-state index in [0.29, 0.717) is 16.3 Å². The predicted molar refractivity (Wildman–Crippen MR) is 135 cm³/mol. The number of hydrogen-bond donors (Lipinski definition) is 2. The van der Waals surface area contributed by atoms with Crippen molar-refractivity contribution in [2.75, 3.05) is 12.4 Å². The van der Waals surface area contributed by atoms with Gasteiger partial charge in [0.25, 0.3) is 5.91 Å². The highest BCUT2D eigenvalue weighted by Gasteiger charge is 2.28. The van der Waals surface area contributed by atoms with E-state index in [1.54, 1.807) is 37.5 Å². The molecule has 6 nitrogen and oxygen atoms in total. The molecule has 0 saturated heterocycles. The van der Waals surface area contributed by atoms with E-state index in [1.807, 2.05) is 18.2 Å². The van der Waals surface area contributed by atoms with Gasteiger partial charge in [-0.25, -0.2) is 4.98 Å². The summed E-state index contributed by atoms with van der Waals surface area (Å²) < 4.78 is 5.37. The number of nitrogens with zero attached hydrogens (tertiary/aromatic N) is 1. The van der Waals surface area contributed by atoms with Crippen molar-refractivity contribution in [3.63, 3.8) is 0 Å². The number of carbonyl (C=O) groups excluding carboxylic acids is 2. The number of benzene rings is 2. The molecule has 1 aliphatic rings. The number of halogens is 2. The van der Waals surface area contributed by atoms with Crippen molar-refractivity contribution in [2.24, 2.45) is 0 Å². The summed E-state index contributed by atoms with van der Waals surface area (Å²) in [5.74, 6) is 0.0460. The molecule has 2 N–H and O–H groups in total. The number of amides is 1. The monoisotopic (exact) mass is 495 g/mol. The topological polar surface area (TPSA) is 80.3 Å². The minimum absolute atomic E-state index is 0.0407. The minimum atomic E-state index is -0.473. The third-order valence-electron chi connectivity index (χ3n) is 5.44. The van der Waals surface area contributed by atoms with Gasteiger partial charge in [-0.2, -0.15) is 0 Å². The zero-order chi connectivity index (χ0) is 24.5. The normalized spacial score (nSPS) is 15.3. The van der Waals surface area contributed by atoms with E-state index in [-0.39, 0.29) is 22.0 Å². The first-order chi connectivity index (χ1) is 16.1. The van der Waals surface area contributed by atoms with Crippen molar-refractivity contribution in [3.05, 3.63) is 93.2 Å². The molecule has 34 heavy (non-hydrogen) atoms. The lowest BCUT2D eigenvalue weighted by molar-refractivity contribution is 0.102. The number of pyridine rings is 1. The Morgan fingerprint density at radius 1 is 1.15 bits per heavy atom. The van der Waals surface area contributed by atoms with Crippen LogP contribution in [0.25, 0.3) is 5.70 Å². The maximum Gasteiger partial charge on any atom is 0.258 e. The molecule has 1 aromatic heterocycles. The van der Waals surface area contributed by atoms with E-state index in [1.165, 1.54) is 12.3 Å². The average Bonchev–Trinajstić information content (AvgIpc) is 2.79. The fourth-order valence-electron chi connectivity index (χ4n) is 3.90. The van der Waals surface area contributed by atoms with E-state index < -0.39 is 5.91 Å². The van der Waals surface area contributed by atoms with Crippen molar-refractivity contribution in [2.45, 2.75) is 25.8 Å². The summed E-state index contributed by atoms with van der Waals surface area (Å²) in [5.41, 5.74) is 3.60. The molecule has 0 unspecified atom stereocenters. The van der Waals surface area contributed by atoms with Gasteiger partial charge in [0.15, 0.2) is 5.78 Å². The van der Waals surface area contributed by atoms with Crippen molar-refractivity contribution in [1.82, 2.24) is 10.3 Å². The highest BCUT2D eigenvalue weighted by molar-refractivity contribution is 6.35. The second kappa shape index (κ2) is 9.49. The average molecular weight is 496 g/mol. The van der Waals surface area contributed by atoms with E-state index in [9.17, 15) is 9.59 Å². The standard InChI is InChI=1S/C26H23Cl2N3O3/c1-26(2)13-16-7-8-19(34-3)11-20(16)22(31-26)12-23(32)15-5-4-6-18(9-15)30-25(33)21-10-17(27)14-29-24(21)28/h4-12,14,31H,13H2,1-3H3,(H,30,33). The van der Waals surface area contributed by atoms with Gasteiger partial charge in [0, 0.05) is 40.3 Å². The van der Waals surface area contributed by atoms with Crippen LogP contribution in [0.5, 0.6) is 5.75 Å². The fourth-order valence-corrected chi connectivity index (χ4v) is 4.25. The lowest BCUT2D eigenvalue weighted by Crippen LogP contribution is -2.43. The van der Waals surface area contributed by atoms with E-state index >= 15 is 0 Å². The Balaban J connectivity index is 1.61. The first-order valence-corrected chi connectivity index (χ1v) is 11.3. The van der Waals surface area contributed by atoms with Crippen LogP contribution in [0.2, 0.25) is 10.2 Å². The van der Waals surface area contributed by atoms with Gasteiger partial charge in [-0.05, 0) is 56.2 Å². The molecule has 0 radical (unpaired) electrons. The molecule has 1 amide bonds. The Hall–Kier alpha value is -3.35. The smallest absolute Gasteiger partial charge is 0.258 e. The molecule has 0 aliphatic carbocycles. The third-order valence-corrected chi connectivity index (χ3v) is 5.95. The molecule has 0 fully saturated rings. The maximum atomic E-state index is 13.2. The summed E-state index contributed by atoms with van der Waals surface area (Å²) in [6.45, 7) is 4.18. The number of nitrogens with one attached hydrogen (secondary N) is 2. The molecule has 3 aromatic rings. The van der Waals surface area contributed by atoms with Gasteiger partial charge in [-0.15, -0.1) is 0 Å². The lowest BCUT2D eigenvalue weighted by atomic mass is 9.85. The number of fused-ring (bicyclic) bond motifs is 1. The van der Waals surface area contributed by atoms with Gasteiger partial charge in [-0.3, -0.25) is 9.59 Å². The van der Waals surface area contributed by atoms with Gasteiger partial charge >= 0.3 is 0 Å². The number of aromatic nitrogens is 1. The molecule has 0 spiro atoms. The number of anilines is 1. The molecule has 1 aliphatic heterocycles. The van der Waals surface area contributed by atoms with Gasteiger partial charge in [0.1, 0.15) is 10.9 Å². The molecule has 174 valence electrons. The van der Waals surface area contributed by atoms with Crippen LogP contribution in [-0.2, 0) is 6.42 Å². The molecule has 8 heteroatoms. The number of allylic oxidation sites excluding steroid dienone is 1. The van der Waals surface area contributed by atoms with E-state index in [2.05, 4.69) is 29.5 Å². The summed E-state index contributed by atoms with van der Waals surface area (Å²) in [7, 11) is 1.61. The van der Waals surface area contributed by atoms with Crippen LogP contribution < -0.4 is 15.4 Å². The molecule has 2 aromatic carbocycles. The number of rotatable bonds is 5. The SMILES string of the molecule is COc1ccc2c(c1)C(=CC(=O)c1cccc(NC(=O)c3cc(Cl)cnc3Cl)c1)NC(C)(C)C2. The minimum Gasteiger partial charge on any atom is -0.497 e. The summed E-state index contributed by atoms with van der Waals surface area (Å²) >= 11 is 12.0. The molecule has 2 heterocycles. The van der Waals surface area contributed by atoms with Gasteiger partial charge in [0.05, 0.1) is 17.7 Å². The zero-order valence-electron chi connectivity index (χ0n) is 18.9. The van der Waals surface area contributed by atoms with E-state index in [4.69, 9.17) is 27.9 Å². The first kappa shape index (κ1) is 23.8. The van der Waals surface area contributed by atoms with Crippen LogP contribution in [-0.4, -0.2) is 29.3 Å². The van der Waals surface area contributed by atoms with Gasteiger partial charge in [0.2, 0.25) is 0 Å². The largest absolute Gasteiger partial charge is 0.497 e. The van der Waals surface area contributed by atoms with Crippen molar-refractivity contribution >= 4 is 46.3 Å². The summed E-state index contributed by atoms with van der Waals surface area (Å²) in [6, 6.07) is 14.0. The summed E-state index contributed by atoms with van der Waals surface area (Å²) in [6.07, 6.45) is 3.76. The molecular weight excluding hydrogens is 473 g/mol. The highest BCUT2D eigenvalue weighted by atomic mass is 35.5. The maximum absolute atomic E-state index is 13.2. The van der Waals surface area contributed by atoms with Crippen LogP contribution in [0.1, 0.15) is 45.7 Å². The predicted octanol–water partition coefficient (Wildman–Crippen LogP) is 5.80. The molecule has 4 rings (SSSR count). The molecular formula is C26H23Cl2N3O3. The highest BCUT2D eigenvalue weighted by Crippen LogP contribution is 2.32. The van der Waals surface area contributed by atoms with Crippen LogP contribution >= 0.6 is 23.2 Å². The number of ether oxygens (including phenoxy) is 1. The molecule has 0 bridgehead atoms. The van der Waals surface area contributed by atoms with Crippen LogP contribution in [0.4, 0.5) is 5.69 Å². The van der Waals surface area contributed by atoms with Crippen LogP contribution in [0.3, 0.4) is 0 Å². The Labute approximate surface area is 207 Å². The second-order valence-corrected chi connectivity index (χ2v) is 9.45. The Bertz CT molecular complexity index is 1320. The van der Waals surface area contributed by atoms with Gasteiger partial charge in [-0.1, -0.05) is 41.4 Å². The van der Waals surface area contributed by atoms with E-state index in [0.717, 1.165) is 29.0 Å². The number of ketones is 1. The quantitative estimate of drug-likeness (QED) is 0.265.